The Balaban J connectivity index is 3.31. The van der Waals surface area contributed by atoms with E-state index in [4.69, 9.17) is 11.6 Å². The van der Waals surface area contributed by atoms with Crippen molar-refractivity contribution in [3.05, 3.63) is 26.3 Å². The second-order valence-electron chi connectivity index (χ2n) is 3.96. The van der Waals surface area contributed by atoms with Crippen LogP contribution >= 0.6 is 34.2 Å². The van der Waals surface area contributed by atoms with Crippen LogP contribution in [0.1, 0.15) is 18.9 Å². The standard InChI is InChI=1S/C10H8ClF5INO2S/c1-4(10(14,15)16)18-21(19,20)6-3-2-5(17)7(8(6)11)9(12)13/h2-4,9,18H,1H3/t4-/m0/s1. The molecule has 0 radical (unpaired) electrons. The highest BCUT2D eigenvalue weighted by Gasteiger charge is 2.39. The number of benzene rings is 1. The van der Waals surface area contributed by atoms with E-state index in [-0.39, 0.29) is 3.57 Å². The molecule has 1 atom stereocenters. The summed E-state index contributed by atoms with van der Waals surface area (Å²) in [5.74, 6) is 0. The van der Waals surface area contributed by atoms with E-state index in [0.29, 0.717) is 6.92 Å². The first-order valence-corrected chi connectivity index (χ1v) is 8.17. The van der Waals surface area contributed by atoms with Gasteiger partial charge in [-0.15, -0.1) is 0 Å². The Bertz CT molecular complexity index is 635. The third kappa shape index (κ3) is 4.39. The van der Waals surface area contributed by atoms with Gasteiger partial charge in [-0.1, -0.05) is 11.6 Å². The molecular weight excluding hydrogens is 456 g/mol. The molecule has 1 rings (SSSR count). The van der Waals surface area contributed by atoms with Crippen LogP contribution in [0.5, 0.6) is 0 Å². The summed E-state index contributed by atoms with van der Waals surface area (Å²) in [5.41, 5.74) is -0.736. The normalized spacial score (nSPS) is 14.5. The highest BCUT2D eigenvalue weighted by atomic mass is 127. The quantitative estimate of drug-likeness (QED) is 0.540. The number of halogens is 7. The molecule has 0 heterocycles. The number of hydrogen-bond acceptors (Lipinski definition) is 2. The molecule has 11 heteroatoms. The van der Waals surface area contributed by atoms with Crippen LogP contribution in [0.4, 0.5) is 22.0 Å². The maximum atomic E-state index is 12.8. The Morgan fingerprint density at radius 1 is 1.29 bits per heavy atom. The summed E-state index contributed by atoms with van der Waals surface area (Å²) in [5, 5.41) is -0.793. The van der Waals surface area contributed by atoms with Crippen LogP contribution in [0.2, 0.25) is 5.02 Å². The molecule has 0 saturated heterocycles. The van der Waals surface area contributed by atoms with Crippen molar-refractivity contribution >= 4 is 44.2 Å². The van der Waals surface area contributed by atoms with Gasteiger partial charge in [-0.05, 0) is 41.6 Å². The average molecular weight is 464 g/mol. The second kappa shape index (κ2) is 6.50. The van der Waals surface area contributed by atoms with E-state index in [1.165, 1.54) is 27.3 Å². The van der Waals surface area contributed by atoms with Crippen molar-refractivity contribution in [3.8, 4) is 0 Å². The summed E-state index contributed by atoms with van der Waals surface area (Å²) >= 11 is 7.13. The number of sulfonamides is 1. The number of alkyl halides is 5. The van der Waals surface area contributed by atoms with Crippen LogP contribution in [0.15, 0.2) is 17.0 Å². The fraction of sp³-hybridized carbons (Fsp3) is 0.400. The van der Waals surface area contributed by atoms with Crippen LogP contribution in [-0.2, 0) is 10.0 Å². The summed E-state index contributed by atoms with van der Waals surface area (Å²) < 4.78 is 87.9. The van der Waals surface area contributed by atoms with Gasteiger partial charge >= 0.3 is 6.18 Å². The molecule has 0 unspecified atom stereocenters. The van der Waals surface area contributed by atoms with E-state index in [1.54, 1.807) is 0 Å². The van der Waals surface area contributed by atoms with Crippen molar-refractivity contribution in [2.75, 3.05) is 0 Å². The first-order chi connectivity index (χ1) is 9.38. The molecule has 1 N–H and O–H groups in total. The summed E-state index contributed by atoms with van der Waals surface area (Å²) in [6, 6.07) is -0.463. The first-order valence-electron chi connectivity index (χ1n) is 5.23. The van der Waals surface area contributed by atoms with Gasteiger partial charge in [0, 0.05) is 3.57 Å². The predicted octanol–water partition coefficient (Wildman–Crippen LogP) is 4.11. The highest BCUT2D eigenvalue weighted by molar-refractivity contribution is 14.1. The highest BCUT2D eigenvalue weighted by Crippen LogP contribution is 2.36. The summed E-state index contributed by atoms with van der Waals surface area (Å²) in [7, 11) is -4.68. The number of rotatable bonds is 4. The van der Waals surface area contributed by atoms with Crippen molar-refractivity contribution in [3.63, 3.8) is 0 Å². The Kier molecular flexibility index (Phi) is 5.84. The zero-order chi connectivity index (χ0) is 16.6. The third-order valence-corrected chi connectivity index (χ3v) is 5.46. The fourth-order valence-electron chi connectivity index (χ4n) is 1.32. The van der Waals surface area contributed by atoms with E-state index in [9.17, 15) is 30.4 Å². The smallest absolute Gasteiger partial charge is 0.207 e. The zero-order valence-electron chi connectivity index (χ0n) is 10.2. The van der Waals surface area contributed by atoms with Crippen LogP contribution < -0.4 is 4.72 Å². The molecule has 0 bridgehead atoms. The minimum Gasteiger partial charge on any atom is -0.207 e. The van der Waals surface area contributed by atoms with Crippen molar-refractivity contribution < 1.29 is 30.4 Å². The first kappa shape index (κ1) is 18.8. The van der Waals surface area contributed by atoms with Gasteiger partial charge in [-0.2, -0.15) is 17.9 Å². The third-order valence-electron chi connectivity index (χ3n) is 2.42. The van der Waals surface area contributed by atoms with Crippen LogP contribution in [0.25, 0.3) is 0 Å². The van der Waals surface area contributed by atoms with E-state index >= 15 is 0 Å². The van der Waals surface area contributed by atoms with Crippen LogP contribution in [0, 0.1) is 3.57 Å². The number of nitrogens with one attached hydrogen (secondary N) is 1. The van der Waals surface area contributed by atoms with Gasteiger partial charge in [0.15, 0.2) is 0 Å². The molecule has 1 aromatic carbocycles. The minimum atomic E-state index is -4.81. The molecular formula is C10H8ClF5INO2S. The molecule has 21 heavy (non-hydrogen) atoms. The van der Waals surface area contributed by atoms with Crippen molar-refractivity contribution in [1.82, 2.24) is 4.72 Å². The topological polar surface area (TPSA) is 46.2 Å². The van der Waals surface area contributed by atoms with Gasteiger partial charge in [0.2, 0.25) is 10.0 Å². The number of hydrogen-bond donors (Lipinski definition) is 1. The Labute approximate surface area is 136 Å². The lowest BCUT2D eigenvalue weighted by molar-refractivity contribution is -0.147. The molecule has 0 fully saturated rings. The molecule has 3 nitrogen and oxygen atoms in total. The Hall–Kier alpha value is -0.200. The molecule has 0 saturated carbocycles. The Morgan fingerprint density at radius 3 is 2.24 bits per heavy atom. The molecule has 0 aliphatic rings. The van der Waals surface area contributed by atoms with E-state index in [2.05, 4.69) is 0 Å². The van der Waals surface area contributed by atoms with E-state index in [1.807, 2.05) is 0 Å². The monoisotopic (exact) mass is 463 g/mol. The maximum absolute atomic E-state index is 12.8. The van der Waals surface area contributed by atoms with Crippen molar-refractivity contribution in [2.24, 2.45) is 0 Å². The summed E-state index contributed by atoms with van der Waals surface area (Å²) in [6.07, 6.45) is -7.87. The van der Waals surface area contributed by atoms with Crippen molar-refractivity contribution in [1.29, 1.82) is 0 Å². The van der Waals surface area contributed by atoms with E-state index in [0.717, 1.165) is 12.1 Å². The molecule has 0 spiro atoms. The second-order valence-corrected chi connectivity index (χ2v) is 7.18. The largest absolute Gasteiger partial charge is 0.404 e. The fourth-order valence-corrected chi connectivity index (χ4v) is 4.04. The molecule has 0 aliphatic carbocycles. The lowest BCUT2D eigenvalue weighted by Gasteiger charge is -2.18. The maximum Gasteiger partial charge on any atom is 0.404 e. The summed E-state index contributed by atoms with van der Waals surface area (Å²) in [6.45, 7) is 0.589. The Morgan fingerprint density at radius 2 is 1.81 bits per heavy atom. The SMILES string of the molecule is C[C@H](NS(=O)(=O)c1ccc(I)c(C(F)F)c1Cl)C(F)(F)F. The van der Waals surface area contributed by atoms with Gasteiger partial charge in [0.25, 0.3) is 6.43 Å². The van der Waals surface area contributed by atoms with Gasteiger partial charge in [-0.25, -0.2) is 17.2 Å². The van der Waals surface area contributed by atoms with Gasteiger partial charge in [0.1, 0.15) is 10.9 Å². The van der Waals surface area contributed by atoms with E-state index < -0.39 is 44.1 Å². The predicted molar refractivity (Wildman–Crippen MR) is 75.0 cm³/mol. The summed E-state index contributed by atoms with van der Waals surface area (Å²) in [4.78, 5) is -0.823. The molecule has 1 aromatic rings. The lowest BCUT2D eigenvalue weighted by Crippen LogP contribution is -2.43. The molecule has 120 valence electrons. The van der Waals surface area contributed by atoms with Crippen molar-refractivity contribution in [2.45, 2.75) is 30.5 Å². The van der Waals surface area contributed by atoms with Gasteiger partial charge < -0.3 is 0 Å². The van der Waals surface area contributed by atoms with Gasteiger partial charge in [0.05, 0.1) is 10.6 Å². The van der Waals surface area contributed by atoms with Crippen LogP contribution in [-0.4, -0.2) is 20.6 Å². The lowest BCUT2D eigenvalue weighted by atomic mass is 10.2. The molecule has 0 amide bonds. The molecule has 0 aromatic heterocycles. The minimum absolute atomic E-state index is 0.00965. The van der Waals surface area contributed by atoms with Crippen LogP contribution in [0.3, 0.4) is 0 Å². The zero-order valence-corrected chi connectivity index (χ0v) is 13.9. The van der Waals surface area contributed by atoms with Gasteiger partial charge in [-0.3, -0.25) is 0 Å². The molecule has 0 aliphatic heterocycles. The average Bonchev–Trinajstić information content (AvgIpc) is 2.25.